The molecule has 3 nitrogen and oxygen atoms in total. The van der Waals surface area contributed by atoms with E-state index in [4.69, 9.17) is 15.2 Å². The zero-order chi connectivity index (χ0) is 12.8. The van der Waals surface area contributed by atoms with Crippen molar-refractivity contribution in [2.75, 3.05) is 14.2 Å². The fraction of sp³-hybridized carbons (Fsp3) is 0.429. The van der Waals surface area contributed by atoms with Gasteiger partial charge in [-0.25, -0.2) is 0 Å². The predicted molar refractivity (Wildman–Crippen MR) is 69.2 cm³/mol. The van der Waals surface area contributed by atoms with Gasteiger partial charge < -0.3 is 15.2 Å². The van der Waals surface area contributed by atoms with Gasteiger partial charge in [0.25, 0.3) is 0 Å². The average molecular weight is 233 g/mol. The Morgan fingerprint density at radius 1 is 1.18 bits per heavy atom. The molecule has 0 heterocycles. The van der Waals surface area contributed by atoms with Crippen molar-refractivity contribution in [2.45, 2.75) is 19.9 Å². The minimum absolute atomic E-state index is 0.133. The molecule has 1 aromatic rings. The summed E-state index contributed by atoms with van der Waals surface area (Å²) in [7, 11) is 3.24. The van der Waals surface area contributed by atoms with E-state index in [2.05, 4.69) is 11.8 Å². The molecule has 0 aliphatic rings. The van der Waals surface area contributed by atoms with Gasteiger partial charge in [-0.3, -0.25) is 0 Å². The number of nitrogens with two attached hydrogens (primary N) is 1. The van der Waals surface area contributed by atoms with Crippen LogP contribution in [0.3, 0.4) is 0 Å². The Balaban J connectivity index is 3.02. The molecular weight excluding hydrogens is 214 g/mol. The molecule has 1 rings (SSSR count). The summed E-state index contributed by atoms with van der Waals surface area (Å²) in [6, 6.07) is 5.39. The highest BCUT2D eigenvalue weighted by Crippen LogP contribution is 2.22. The van der Waals surface area contributed by atoms with Gasteiger partial charge in [-0.1, -0.05) is 25.7 Å². The topological polar surface area (TPSA) is 44.5 Å². The van der Waals surface area contributed by atoms with E-state index in [0.717, 1.165) is 17.1 Å². The van der Waals surface area contributed by atoms with Gasteiger partial charge in [0.1, 0.15) is 11.5 Å². The van der Waals surface area contributed by atoms with E-state index >= 15 is 0 Å². The Morgan fingerprint density at radius 3 is 2.41 bits per heavy atom. The lowest BCUT2D eigenvalue weighted by Crippen LogP contribution is -2.23. The van der Waals surface area contributed by atoms with E-state index in [1.807, 2.05) is 32.0 Å². The molecule has 0 saturated carbocycles. The van der Waals surface area contributed by atoms with Gasteiger partial charge in [-0.2, -0.15) is 0 Å². The molecule has 0 aliphatic heterocycles. The van der Waals surface area contributed by atoms with Gasteiger partial charge in [0.05, 0.1) is 25.8 Å². The molecule has 0 aliphatic carbocycles. The van der Waals surface area contributed by atoms with Crippen molar-refractivity contribution in [1.29, 1.82) is 0 Å². The van der Waals surface area contributed by atoms with Crippen molar-refractivity contribution in [1.82, 2.24) is 0 Å². The molecule has 0 aromatic heterocycles. The molecule has 0 amide bonds. The van der Waals surface area contributed by atoms with Gasteiger partial charge in [0.2, 0.25) is 0 Å². The third-order valence-corrected chi connectivity index (χ3v) is 2.50. The van der Waals surface area contributed by atoms with Crippen LogP contribution in [0.1, 0.15) is 19.4 Å². The zero-order valence-corrected chi connectivity index (χ0v) is 10.8. The highest BCUT2D eigenvalue weighted by molar-refractivity contribution is 5.50. The lowest BCUT2D eigenvalue weighted by atomic mass is 10.1. The Bertz CT molecular complexity index is 430. The molecule has 1 unspecified atom stereocenters. The third-order valence-electron chi connectivity index (χ3n) is 2.50. The van der Waals surface area contributed by atoms with Gasteiger partial charge in [-0.15, -0.1) is 0 Å². The average Bonchev–Trinajstić information content (AvgIpc) is 2.35. The number of hydrogen-bond donors (Lipinski definition) is 1. The minimum Gasteiger partial charge on any atom is -0.497 e. The molecule has 0 saturated heterocycles. The second-order valence-electron chi connectivity index (χ2n) is 4.11. The lowest BCUT2D eigenvalue weighted by molar-refractivity contribution is 0.402. The summed E-state index contributed by atoms with van der Waals surface area (Å²) < 4.78 is 10.4. The number of benzene rings is 1. The minimum atomic E-state index is -0.133. The first kappa shape index (κ1) is 13.4. The fourth-order valence-electron chi connectivity index (χ4n) is 1.24. The van der Waals surface area contributed by atoms with Gasteiger partial charge in [-0.05, 0) is 24.1 Å². The van der Waals surface area contributed by atoms with Crippen LogP contribution in [0.4, 0.5) is 0 Å². The quantitative estimate of drug-likeness (QED) is 0.812. The van der Waals surface area contributed by atoms with Gasteiger partial charge in [0.15, 0.2) is 0 Å². The summed E-state index contributed by atoms with van der Waals surface area (Å²) in [5.41, 5.74) is 6.68. The van der Waals surface area contributed by atoms with Crippen LogP contribution < -0.4 is 15.2 Å². The van der Waals surface area contributed by atoms with Crippen molar-refractivity contribution in [3.05, 3.63) is 23.8 Å². The molecule has 2 N–H and O–H groups in total. The summed E-state index contributed by atoms with van der Waals surface area (Å²) in [5.74, 6) is 7.88. The molecule has 3 heteroatoms. The van der Waals surface area contributed by atoms with E-state index in [1.165, 1.54) is 0 Å². The maximum atomic E-state index is 5.88. The Kier molecular flexibility index (Phi) is 4.86. The number of rotatable bonds is 3. The zero-order valence-electron chi connectivity index (χ0n) is 10.8. The summed E-state index contributed by atoms with van der Waals surface area (Å²) in [6.45, 7) is 4.09. The van der Waals surface area contributed by atoms with E-state index in [0.29, 0.717) is 5.92 Å². The van der Waals surface area contributed by atoms with Crippen LogP contribution in [0.25, 0.3) is 0 Å². The number of hydrogen-bond acceptors (Lipinski definition) is 3. The molecule has 0 bridgehead atoms. The lowest BCUT2D eigenvalue weighted by Gasteiger charge is -2.08. The van der Waals surface area contributed by atoms with Crippen LogP contribution in [0.15, 0.2) is 18.2 Å². The first-order chi connectivity index (χ1) is 8.08. The van der Waals surface area contributed by atoms with E-state index in [9.17, 15) is 0 Å². The van der Waals surface area contributed by atoms with Gasteiger partial charge >= 0.3 is 0 Å². The summed E-state index contributed by atoms with van der Waals surface area (Å²) in [5, 5.41) is 0. The monoisotopic (exact) mass is 233 g/mol. The predicted octanol–water partition coefficient (Wildman–Crippen LogP) is 2.04. The van der Waals surface area contributed by atoms with E-state index < -0.39 is 0 Å². The van der Waals surface area contributed by atoms with Crippen LogP contribution in [0, 0.1) is 17.8 Å². The third kappa shape index (κ3) is 3.69. The molecule has 1 atom stereocenters. The van der Waals surface area contributed by atoms with Crippen LogP contribution in [-0.4, -0.2) is 20.3 Å². The Hall–Kier alpha value is -1.66. The smallest absolute Gasteiger partial charge is 0.134 e. The molecule has 1 aromatic carbocycles. The van der Waals surface area contributed by atoms with Crippen molar-refractivity contribution in [3.8, 4) is 23.3 Å². The standard InChI is InChI=1S/C14H19NO2/c1-10(2)13(15)7-5-11-9-12(16-3)6-8-14(11)17-4/h6,8-10,13H,15H2,1-4H3. The highest BCUT2D eigenvalue weighted by Gasteiger charge is 2.05. The fourth-order valence-corrected chi connectivity index (χ4v) is 1.24. The summed E-state index contributed by atoms with van der Waals surface area (Å²) in [6.07, 6.45) is 0. The normalized spacial score (nSPS) is 11.6. The van der Waals surface area contributed by atoms with Crippen molar-refractivity contribution in [3.63, 3.8) is 0 Å². The second kappa shape index (κ2) is 6.17. The molecular formula is C14H19NO2. The highest BCUT2D eigenvalue weighted by atomic mass is 16.5. The van der Waals surface area contributed by atoms with Crippen molar-refractivity contribution >= 4 is 0 Å². The molecule has 17 heavy (non-hydrogen) atoms. The van der Waals surface area contributed by atoms with Crippen molar-refractivity contribution in [2.24, 2.45) is 11.7 Å². The van der Waals surface area contributed by atoms with E-state index in [-0.39, 0.29) is 6.04 Å². The molecule has 0 fully saturated rings. The first-order valence-electron chi connectivity index (χ1n) is 5.57. The Labute approximate surface area is 103 Å². The second-order valence-corrected chi connectivity index (χ2v) is 4.11. The van der Waals surface area contributed by atoms with Crippen LogP contribution >= 0.6 is 0 Å². The summed E-state index contributed by atoms with van der Waals surface area (Å²) in [4.78, 5) is 0. The number of ether oxygens (including phenoxy) is 2. The Morgan fingerprint density at radius 2 is 1.88 bits per heavy atom. The first-order valence-corrected chi connectivity index (χ1v) is 5.57. The molecule has 92 valence electrons. The maximum Gasteiger partial charge on any atom is 0.134 e. The van der Waals surface area contributed by atoms with Crippen LogP contribution in [0.2, 0.25) is 0 Å². The maximum absolute atomic E-state index is 5.88. The largest absolute Gasteiger partial charge is 0.497 e. The van der Waals surface area contributed by atoms with Crippen molar-refractivity contribution < 1.29 is 9.47 Å². The van der Waals surface area contributed by atoms with Crippen LogP contribution in [-0.2, 0) is 0 Å². The SMILES string of the molecule is COc1ccc(OC)c(C#CC(N)C(C)C)c1. The summed E-state index contributed by atoms with van der Waals surface area (Å²) >= 11 is 0. The number of methoxy groups -OCH3 is 2. The van der Waals surface area contributed by atoms with E-state index in [1.54, 1.807) is 14.2 Å². The van der Waals surface area contributed by atoms with Crippen LogP contribution in [0.5, 0.6) is 11.5 Å². The molecule has 0 radical (unpaired) electrons. The molecule has 0 spiro atoms. The van der Waals surface area contributed by atoms with Gasteiger partial charge in [0, 0.05) is 0 Å².